The predicted octanol–water partition coefficient (Wildman–Crippen LogP) is 3.56. The van der Waals surface area contributed by atoms with Gasteiger partial charge in [-0.1, -0.05) is 17.7 Å². The van der Waals surface area contributed by atoms with Gasteiger partial charge in [-0.2, -0.15) is 10.2 Å². The number of rotatable bonds is 4. The average molecular weight is 427 g/mol. The molecule has 2 bridgehead atoms. The van der Waals surface area contributed by atoms with Crippen molar-refractivity contribution >= 4 is 23.3 Å². The van der Waals surface area contributed by atoms with Gasteiger partial charge in [0.15, 0.2) is 5.82 Å². The lowest BCUT2D eigenvalue weighted by Crippen LogP contribution is -2.59. The van der Waals surface area contributed by atoms with Crippen LogP contribution in [0, 0.1) is 11.7 Å². The minimum absolute atomic E-state index is 0.00155. The first kappa shape index (κ1) is 19.0. The van der Waals surface area contributed by atoms with Crippen LogP contribution in [0.1, 0.15) is 29.6 Å². The summed E-state index contributed by atoms with van der Waals surface area (Å²) >= 11 is 5.93. The number of carbonyl (C=O) groups excluding carboxylic acids is 1. The van der Waals surface area contributed by atoms with E-state index < -0.39 is 5.82 Å². The Balaban J connectivity index is 1.44. The number of amides is 1. The molecule has 0 spiro atoms. The molecule has 1 aromatic carbocycles. The van der Waals surface area contributed by atoms with Gasteiger partial charge in [0.05, 0.1) is 29.0 Å². The lowest BCUT2D eigenvalue weighted by atomic mass is 9.76. The number of carbonyl (C=O) groups is 1. The Bertz CT molecular complexity index is 1060. The number of anilines is 1. The third-order valence-electron chi connectivity index (χ3n) is 5.94. The highest BCUT2D eigenvalue weighted by atomic mass is 35.5. The number of benzene rings is 1. The van der Waals surface area contributed by atoms with Crippen molar-refractivity contribution in [3.63, 3.8) is 0 Å². The fourth-order valence-corrected chi connectivity index (χ4v) is 4.72. The van der Waals surface area contributed by atoms with E-state index in [4.69, 9.17) is 11.6 Å². The summed E-state index contributed by atoms with van der Waals surface area (Å²) in [6, 6.07) is 8.20. The van der Waals surface area contributed by atoms with Crippen LogP contribution in [0.2, 0.25) is 5.02 Å². The Morgan fingerprint density at radius 3 is 2.73 bits per heavy atom. The fourth-order valence-electron chi connectivity index (χ4n) is 4.61. The van der Waals surface area contributed by atoms with Gasteiger partial charge in [-0.05, 0) is 49.4 Å². The van der Waals surface area contributed by atoms with Crippen molar-refractivity contribution in [1.82, 2.24) is 24.9 Å². The van der Waals surface area contributed by atoms with Crippen molar-refractivity contribution in [3.05, 3.63) is 65.3 Å². The second-order valence-corrected chi connectivity index (χ2v) is 8.21. The van der Waals surface area contributed by atoms with Crippen molar-refractivity contribution in [1.29, 1.82) is 0 Å². The first-order chi connectivity index (χ1) is 14.6. The topological polar surface area (TPSA) is 75.9 Å². The van der Waals surface area contributed by atoms with Crippen LogP contribution in [0.4, 0.5) is 10.2 Å². The zero-order valence-electron chi connectivity index (χ0n) is 16.1. The van der Waals surface area contributed by atoms with E-state index >= 15 is 0 Å². The van der Waals surface area contributed by atoms with Crippen LogP contribution in [0.15, 0.2) is 48.9 Å². The molecule has 1 amide bonds. The van der Waals surface area contributed by atoms with Crippen LogP contribution in [-0.2, 0) is 0 Å². The van der Waals surface area contributed by atoms with Crippen molar-refractivity contribution in [2.75, 3.05) is 11.9 Å². The van der Waals surface area contributed by atoms with Gasteiger partial charge in [0.2, 0.25) is 0 Å². The third-order valence-corrected chi connectivity index (χ3v) is 6.16. The minimum atomic E-state index is -0.528. The SMILES string of the molecule is O=C(c1cccc(F)c1-n1nccn1)N1C[C@@H]2CC[C@H]1[C@H](Nc1ccc(Cl)cn1)C2. The summed E-state index contributed by atoms with van der Waals surface area (Å²) in [6.45, 7) is 0.665. The van der Waals surface area contributed by atoms with Gasteiger partial charge in [0.1, 0.15) is 11.5 Å². The second-order valence-electron chi connectivity index (χ2n) is 7.77. The molecule has 154 valence electrons. The molecular formula is C21H20ClFN6O. The van der Waals surface area contributed by atoms with E-state index in [1.807, 2.05) is 11.0 Å². The van der Waals surface area contributed by atoms with Crippen LogP contribution in [0.25, 0.3) is 5.69 Å². The van der Waals surface area contributed by atoms with E-state index in [1.54, 1.807) is 24.4 Å². The zero-order valence-corrected chi connectivity index (χ0v) is 16.8. The first-order valence-corrected chi connectivity index (χ1v) is 10.3. The smallest absolute Gasteiger partial charge is 0.256 e. The number of nitrogens with zero attached hydrogens (tertiary/aromatic N) is 5. The predicted molar refractivity (Wildman–Crippen MR) is 110 cm³/mol. The highest BCUT2D eigenvalue weighted by Gasteiger charge is 2.43. The van der Waals surface area contributed by atoms with E-state index in [-0.39, 0.29) is 29.2 Å². The Kier molecular flexibility index (Phi) is 4.86. The summed E-state index contributed by atoms with van der Waals surface area (Å²) in [4.78, 5) is 20.9. The van der Waals surface area contributed by atoms with Crippen molar-refractivity contribution in [2.45, 2.75) is 31.3 Å². The van der Waals surface area contributed by atoms with Crippen LogP contribution in [-0.4, -0.2) is 49.4 Å². The molecule has 0 radical (unpaired) electrons. The summed E-state index contributed by atoms with van der Waals surface area (Å²) in [5.41, 5.74) is 0.347. The summed E-state index contributed by atoms with van der Waals surface area (Å²) in [7, 11) is 0. The summed E-state index contributed by atoms with van der Waals surface area (Å²) < 4.78 is 14.6. The summed E-state index contributed by atoms with van der Waals surface area (Å²) in [5, 5.41) is 12.1. The van der Waals surface area contributed by atoms with Gasteiger partial charge in [-0.15, -0.1) is 4.80 Å². The number of pyridine rings is 1. The van der Waals surface area contributed by atoms with Crippen LogP contribution in [0.5, 0.6) is 0 Å². The Morgan fingerprint density at radius 2 is 2.00 bits per heavy atom. The van der Waals surface area contributed by atoms with Crippen molar-refractivity contribution in [2.24, 2.45) is 5.92 Å². The van der Waals surface area contributed by atoms with E-state index in [9.17, 15) is 9.18 Å². The van der Waals surface area contributed by atoms with E-state index in [0.717, 1.165) is 29.9 Å². The Morgan fingerprint density at radius 1 is 1.17 bits per heavy atom. The molecule has 3 aliphatic rings. The molecule has 4 heterocycles. The molecule has 3 atom stereocenters. The molecule has 30 heavy (non-hydrogen) atoms. The van der Waals surface area contributed by atoms with Gasteiger partial charge in [0, 0.05) is 18.8 Å². The number of hydrogen-bond donors (Lipinski definition) is 1. The molecule has 9 heteroatoms. The van der Waals surface area contributed by atoms with E-state index in [2.05, 4.69) is 20.5 Å². The lowest BCUT2D eigenvalue weighted by molar-refractivity contribution is 0.0281. The minimum Gasteiger partial charge on any atom is -0.365 e. The van der Waals surface area contributed by atoms with Gasteiger partial charge >= 0.3 is 0 Å². The number of halogens is 2. The highest BCUT2D eigenvalue weighted by Crippen LogP contribution is 2.38. The molecule has 3 aromatic rings. The maximum absolute atomic E-state index is 14.6. The Labute approximate surface area is 177 Å². The molecule has 0 unspecified atom stereocenters. The fraction of sp³-hybridized carbons (Fsp3) is 0.333. The molecule has 1 N–H and O–H groups in total. The van der Waals surface area contributed by atoms with E-state index in [0.29, 0.717) is 17.5 Å². The standard InChI is InChI=1S/C21H20ClFN6O/c22-14-5-7-19(24-11-14)27-17-10-13-4-6-18(17)28(12-13)21(30)15-2-1-3-16(23)20(15)29-25-8-9-26-29/h1-3,5,7-9,11,13,17-18H,4,6,10,12H2,(H,24,27)/t13-,17-,18+/m1/s1. The van der Waals surface area contributed by atoms with E-state index in [1.165, 1.54) is 18.5 Å². The van der Waals surface area contributed by atoms with Gasteiger partial charge in [-0.25, -0.2) is 9.37 Å². The van der Waals surface area contributed by atoms with Crippen molar-refractivity contribution < 1.29 is 9.18 Å². The first-order valence-electron chi connectivity index (χ1n) is 9.94. The number of fused-ring (bicyclic) bond motifs is 3. The van der Waals surface area contributed by atoms with Gasteiger partial charge in [0.25, 0.3) is 5.91 Å². The van der Waals surface area contributed by atoms with Gasteiger partial charge in [-0.3, -0.25) is 4.79 Å². The average Bonchev–Trinajstić information content (AvgIpc) is 3.29. The molecule has 6 rings (SSSR count). The number of piperidine rings is 2. The molecule has 1 aliphatic carbocycles. The lowest BCUT2D eigenvalue weighted by Gasteiger charge is -2.50. The number of aromatic nitrogens is 4. The normalized spacial score (nSPS) is 22.9. The largest absolute Gasteiger partial charge is 0.365 e. The van der Waals surface area contributed by atoms with Crippen LogP contribution in [0.3, 0.4) is 0 Å². The monoisotopic (exact) mass is 426 g/mol. The number of hydrogen-bond acceptors (Lipinski definition) is 5. The van der Waals surface area contributed by atoms with Crippen molar-refractivity contribution in [3.8, 4) is 5.69 Å². The highest BCUT2D eigenvalue weighted by molar-refractivity contribution is 6.30. The molecule has 2 saturated heterocycles. The summed E-state index contributed by atoms with van der Waals surface area (Å²) in [5.74, 6) is 0.395. The second kappa shape index (κ2) is 7.68. The van der Waals surface area contributed by atoms with Crippen LogP contribution >= 0.6 is 11.6 Å². The maximum Gasteiger partial charge on any atom is 0.256 e. The molecule has 2 aliphatic heterocycles. The molecule has 3 fully saturated rings. The summed E-state index contributed by atoms with van der Waals surface area (Å²) in [6.07, 6.45) is 7.47. The molecule has 2 aromatic heterocycles. The Hall–Kier alpha value is -3.00. The molecule has 1 saturated carbocycles. The van der Waals surface area contributed by atoms with Crippen LogP contribution < -0.4 is 5.32 Å². The number of para-hydroxylation sites is 1. The number of nitrogens with one attached hydrogen (secondary N) is 1. The van der Waals surface area contributed by atoms with Gasteiger partial charge < -0.3 is 10.2 Å². The molecular weight excluding hydrogens is 407 g/mol. The molecule has 7 nitrogen and oxygen atoms in total. The maximum atomic E-state index is 14.6. The third kappa shape index (κ3) is 3.41. The zero-order chi connectivity index (χ0) is 20.7. The quantitative estimate of drug-likeness (QED) is 0.690.